The first kappa shape index (κ1) is 17.9. The van der Waals surface area contributed by atoms with Crippen LogP contribution in [0.15, 0.2) is 48.7 Å². The summed E-state index contributed by atoms with van der Waals surface area (Å²) in [4.78, 5) is 15.9. The van der Waals surface area contributed by atoms with Crippen molar-refractivity contribution in [3.63, 3.8) is 0 Å². The number of benzene rings is 2. The SMILES string of the molecule is COc1ccc(C(=O)NCC(C)(C)c2c[nH]c3ccccc23)cc1OC. The van der Waals surface area contributed by atoms with E-state index in [4.69, 9.17) is 9.47 Å². The van der Waals surface area contributed by atoms with Gasteiger partial charge in [0.25, 0.3) is 5.91 Å². The molecule has 26 heavy (non-hydrogen) atoms. The van der Waals surface area contributed by atoms with Gasteiger partial charge in [-0.2, -0.15) is 0 Å². The van der Waals surface area contributed by atoms with Crippen molar-refractivity contribution in [2.24, 2.45) is 0 Å². The maximum absolute atomic E-state index is 12.6. The van der Waals surface area contributed by atoms with Crippen molar-refractivity contribution in [3.8, 4) is 11.5 Å². The quantitative estimate of drug-likeness (QED) is 0.707. The lowest BCUT2D eigenvalue weighted by atomic mass is 9.84. The fraction of sp³-hybridized carbons (Fsp3) is 0.286. The van der Waals surface area contributed by atoms with Gasteiger partial charge in [0.15, 0.2) is 11.5 Å². The summed E-state index contributed by atoms with van der Waals surface area (Å²) in [7, 11) is 3.13. The lowest BCUT2D eigenvalue weighted by Gasteiger charge is -2.25. The number of H-pyrrole nitrogens is 1. The van der Waals surface area contributed by atoms with Gasteiger partial charge in [0.2, 0.25) is 0 Å². The van der Waals surface area contributed by atoms with E-state index in [1.807, 2.05) is 18.3 Å². The minimum Gasteiger partial charge on any atom is -0.493 e. The molecule has 5 heteroatoms. The lowest BCUT2D eigenvalue weighted by Crippen LogP contribution is -2.36. The van der Waals surface area contributed by atoms with Gasteiger partial charge in [-0.1, -0.05) is 32.0 Å². The number of methoxy groups -OCH3 is 2. The Morgan fingerprint density at radius 1 is 1.08 bits per heavy atom. The molecule has 0 aliphatic heterocycles. The van der Waals surface area contributed by atoms with Crippen molar-refractivity contribution in [2.75, 3.05) is 20.8 Å². The minimum atomic E-state index is -0.216. The second-order valence-electron chi connectivity index (χ2n) is 6.88. The zero-order chi connectivity index (χ0) is 18.7. The average Bonchev–Trinajstić information content (AvgIpc) is 3.10. The largest absolute Gasteiger partial charge is 0.493 e. The normalized spacial score (nSPS) is 11.4. The van der Waals surface area contributed by atoms with Crippen molar-refractivity contribution < 1.29 is 14.3 Å². The number of hydrogen-bond donors (Lipinski definition) is 2. The van der Waals surface area contributed by atoms with Crippen molar-refractivity contribution in [1.82, 2.24) is 10.3 Å². The molecule has 0 saturated heterocycles. The molecular weight excluding hydrogens is 328 g/mol. The first-order valence-corrected chi connectivity index (χ1v) is 8.53. The van der Waals surface area contributed by atoms with E-state index in [0.29, 0.717) is 23.6 Å². The molecular formula is C21H24N2O3. The molecule has 3 aromatic rings. The Balaban J connectivity index is 1.76. The number of aromatic nitrogens is 1. The van der Waals surface area contributed by atoms with Gasteiger partial charge < -0.3 is 19.8 Å². The van der Waals surface area contributed by atoms with E-state index in [9.17, 15) is 4.79 Å². The Hall–Kier alpha value is -2.95. The van der Waals surface area contributed by atoms with Crippen LogP contribution in [0.25, 0.3) is 10.9 Å². The highest BCUT2D eigenvalue weighted by Gasteiger charge is 2.25. The van der Waals surface area contributed by atoms with Crippen molar-refractivity contribution in [1.29, 1.82) is 0 Å². The number of carbonyl (C=O) groups is 1. The van der Waals surface area contributed by atoms with E-state index >= 15 is 0 Å². The summed E-state index contributed by atoms with van der Waals surface area (Å²) in [6, 6.07) is 13.3. The maximum atomic E-state index is 12.6. The average molecular weight is 352 g/mol. The third kappa shape index (κ3) is 3.38. The van der Waals surface area contributed by atoms with Crippen LogP contribution in [-0.4, -0.2) is 31.7 Å². The van der Waals surface area contributed by atoms with Gasteiger partial charge >= 0.3 is 0 Å². The summed E-state index contributed by atoms with van der Waals surface area (Å²) in [6.45, 7) is 4.76. The van der Waals surface area contributed by atoms with Gasteiger partial charge in [-0.05, 0) is 29.8 Å². The topological polar surface area (TPSA) is 63.3 Å². The van der Waals surface area contributed by atoms with E-state index in [1.54, 1.807) is 32.4 Å². The highest BCUT2D eigenvalue weighted by molar-refractivity contribution is 5.95. The van der Waals surface area contributed by atoms with Gasteiger partial charge in [0.05, 0.1) is 14.2 Å². The summed E-state index contributed by atoms with van der Waals surface area (Å²) in [5, 5.41) is 4.21. The van der Waals surface area contributed by atoms with Crippen molar-refractivity contribution in [2.45, 2.75) is 19.3 Å². The molecule has 0 unspecified atom stereocenters. The molecule has 0 aliphatic carbocycles. The van der Waals surface area contributed by atoms with Gasteiger partial charge in [0.1, 0.15) is 0 Å². The number of hydrogen-bond acceptors (Lipinski definition) is 3. The second kappa shape index (κ2) is 7.12. The molecule has 3 rings (SSSR count). The van der Waals surface area contributed by atoms with Gasteiger partial charge in [0, 0.05) is 34.6 Å². The number of fused-ring (bicyclic) bond motifs is 1. The number of ether oxygens (including phenoxy) is 2. The third-order valence-electron chi connectivity index (χ3n) is 4.65. The van der Waals surface area contributed by atoms with Gasteiger partial charge in [-0.25, -0.2) is 0 Å². The maximum Gasteiger partial charge on any atom is 0.251 e. The Labute approximate surface area is 153 Å². The Morgan fingerprint density at radius 2 is 1.81 bits per heavy atom. The van der Waals surface area contributed by atoms with Crippen LogP contribution in [-0.2, 0) is 5.41 Å². The molecule has 0 fully saturated rings. The zero-order valence-corrected chi connectivity index (χ0v) is 15.6. The molecule has 1 amide bonds. The molecule has 5 nitrogen and oxygen atoms in total. The lowest BCUT2D eigenvalue weighted by molar-refractivity contribution is 0.0945. The van der Waals surface area contributed by atoms with E-state index < -0.39 is 0 Å². The fourth-order valence-corrected chi connectivity index (χ4v) is 3.11. The number of nitrogens with one attached hydrogen (secondary N) is 2. The third-order valence-corrected chi connectivity index (χ3v) is 4.65. The van der Waals surface area contributed by atoms with Crippen LogP contribution in [0.1, 0.15) is 29.8 Å². The Kier molecular flexibility index (Phi) is 4.89. The zero-order valence-electron chi connectivity index (χ0n) is 15.6. The molecule has 1 heterocycles. The molecule has 0 radical (unpaired) electrons. The van der Waals surface area contributed by atoms with Crippen LogP contribution >= 0.6 is 0 Å². The summed E-state index contributed by atoms with van der Waals surface area (Å²) >= 11 is 0. The van der Waals surface area contributed by atoms with E-state index in [1.165, 1.54) is 10.9 Å². The number of para-hydroxylation sites is 1. The second-order valence-corrected chi connectivity index (χ2v) is 6.88. The molecule has 0 atom stereocenters. The molecule has 0 saturated carbocycles. The summed E-state index contributed by atoms with van der Waals surface area (Å²) in [5.41, 5.74) is 2.60. The number of aromatic amines is 1. The molecule has 0 spiro atoms. The first-order valence-electron chi connectivity index (χ1n) is 8.53. The predicted octanol–water partition coefficient (Wildman–Crippen LogP) is 3.89. The van der Waals surface area contributed by atoms with E-state index in [2.05, 4.69) is 36.3 Å². The van der Waals surface area contributed by atoms with Crippen LogP contribution < -0.4 is 14.8 Å². The summed E-state index contributed by atoms with van der Waals surface area (Å²) in [6.07, 6.45) is 2.02. The van der Waals surface area contributed by atoms with Gasteiger partial charge in [-0.15, -0.1) is 0 Å². The molecule has 1 aromatic heterocycles. The Morgan fingerprint density at radius 3 is 2.54 bits per heavy atom. The molecule has 0 aliphatic rings. The number of carbonyl (C=O) groups excluding carboxylic acids is 1. The highest BCUT2D eigenvalue weighted by atomic mass is 16.5. The molecule has 0 bridgehead atoms. The molecule has 2 N–H and O–H groups in total. The van der Waals surface area contributed by atoms with E-state index in [0.717, 1.165) is 5.52 Å². The van der Waals surface area contributed by atoms with Crippen LogP contribution in [0, 0.1) is 0 Å². The standard InChI is InChI=1S/C21H24N2O3/c1-21(2,16-12-22-17-8-6-5-7-15(16)17)13-23-20(24)14-9-10-18(25-3)19(11-14)26-4/h5-12,22H,13H2,1-4H3,(H,23,24). The van der Waals surface area contributed by atoms with E-state index in [-0.39, 0.29) is 11.3 Å². The van der Waals surface area contributed by atoms with Crippen molar-refractivity contribution in [3.05, 3.63) is 59.8 Å². The van der Waals surface area contributed by atoms with Crippen molar-refractivity contribution >= 4 is 16.8 Å². The summed E-state index contributed by atoms with van der Waals surface area (Å²) in [5.74, 6) is 0.998. The smallest absolute Gasteiger partial charge is 0.251 e. The minimum absolute atomic E-state index is 0.140. The van der Waals surface area contributed by atoms with Crippen LogP contribution in [0.5, 0.6) is 11.5 Å². The molecule has 2 aromatic carbocycles. The predicted molar refractivity (Wildman–Crippen MR) is 103 cm³/mol. The highest BCUT2D eigenvalue weighted by Crippen LogP contribution is 2.30. The molecule has 136 valence electrons. The van der Waals surface area contributed by atoms with Crippen LogP contribution in [0.2, 0.25) is 0 Å². The van der Waals surface area contributed by atoms with Crippen LogP contribution in [0.3, 0.4) is 0 Å². The van der Waals surface area contributed by atoms with Gasteiger partial charge in [-0.3, -0.25) is 4.79 Å². The summed E-state index contributed by atoms with van der Waals surface area (Å²) < 4.78 is 10.5. The number of amides is 1. The van der Waals surface area contributed by atoms with Crippen LogP contribution in [0.4, 0.5) is 0 Å². The first-order chi connectivity index (χ1) is 12.5. The Bertz CT molecular complexity index is 928. The monoisotopic (exact) mass is 352 g/mol. The number of rotatable bonds is 6. The fourth-order valence-electron chi connectivity index (χ4n) is 3.11.